The lowest BCUT2D eigenvalue weighted by Gasteiger charge is -2.35. The first-order valence-corrected chi connectivity index (χ1v) is 10.9. The molecular weight excluding hydrogens is 430 g/mol. The zero-order chi connectivity index (χ0) is 19.9. The number of hydrogen-bond acceptors (Lipinski definition) is 5. The molecule has 0 radical (unpaired) electrons. The maximum Gasteiger partial charge on any atom is 0.410 e. The first-order chi connectivity index (χ1) is 12.7. The van der Waals surface area contributed by atoms with E-state index in [-0.39, 0.29) is 12.0 Å². The highest BCUT2D eigenvalue weighted by Crippen LogP contribution is 2.20. The number of ether oxygens (including phenoxy) is 1. The first-order valence-electron chi connectivity index (χ1n) is 9.08. The molecule has 0 spiro atoms. The molecule has 1 fully saturated rings. The Morgan fingerprint density at radius 3 is 2.37 bits per heavy atom. The number of benzene rings is 1. The molecule has 0 saturated carbocycles. The van der Waals surface area contributed by atoms with Gasteiger partial charge in [0.05, 0.1) is 5.75 Å². The van der Waals surface area contributed by atoms with Crippen molar-refractivity contribution in [3.63, 3.8) is 0 Å². The van der Waals surface area contributed by atoms with E-state index in [9.17, 15) is 9.59 Å². The predicted octanol–water partition coefficient (Wildman–Crippen LogP) is 3.21. The second kappa shape index (κ2) is 10.3. The van der Waals surface area contributed by atoms with Gasteiger partial charge in [-0.05, 0) is 45.0 Å². The Labute approximate surface area is 174 Å². The van der Waals surface area contributed by atoms with Gasteiger partial charge in [0.2, 0.25) is 5.91 Å². The minimum Gasteiger partial charge on any atom is -0.444 e. The molecule has 0 bridgehead atoms. The van der Waals surface area contributed by atoms with Gasteiger partial charge in [-0.2, -0.15) is 0 Å². The Bertz CT molecular complexity index is 626. The van der Waals surface area contributed by atoms with E-state index < -0.39 is 5.60 Å². The molecule has 27 heavy (non-hydrogen) atoms. The largest absolute Gasteiger partial charge is 0.444 e. The number of thioether (sulfide) groups is 1. The molecule has 0 unspecified atom stereocenters. The Morgan fingerprint density at radius 2 is 1.78 bits per heavy atom. The Hall–Kier alpha value is -1.25. The fraction of sp³-hybridized carbons (Fsp3) is 0.579. The average molecular weight is 458 g/mol. The van der Waals surface area contributed by atoms with Crippen LogP contribution < -0.4 is 5.32 Å². The summed E-state index contributed by atoms with van der Waals surface area (Å²) in [5.74, 6) is 0.448. The van der Waals surface area contributed by atoms with E-state index in [1.165, 1.54) is 11.8 Å². The summed E-state index contributed by atoms with van der Waals surface area (Å²) >= 11 is 4.93. The fourth-order valence-corrected chi connectivity index (χ4v) is 3.56. The van der Waals surface area contributed by atoms with Gasteiger partial charge in [-0.1, -0.05) is 15.9 Å². The van der Waals surface area contributed by atoms with Crippen LogP contribution in [0.2, 0.25) is 0 Å². The van der Waals surface area contributed by atoms with Gasteiger partial charge in [-0.3, -0.25) is 9.69 Å². The van der Waals surface area contributed by atoms with E-state index in [0.29, 0.717) is 25.4 Å². The van der Waals surface area contributed by atoms with Crippen molar-refractivity contribution in [2.75, 3.05) is 45.0 Å². The number of nitrogens with one attached hydrogen (secondary N) is 1. The third kappa shape index (κ3) is 8.53. The maximum absolute atomic E-state index is 12.1. The van der Waals surface area contributed by atoms with Crippen molar-refractivity contribution in [3.05, 3.63) is 28.7 Å². The van der Waals surface area contributed by atoms with Crippen LogP contribution in [0.4, 0.5) is 4.79 Å². The Morgan fingerprint density at radius 1 is 1.15 bits per heavy atom. The van der Waals surface area contributed by atoms with Crippen molar-refractivity contribution in [3.8, 4) is 0 Å². The molecule has 2 amide bonds. The molecule has 0 aliphatic carbocycles. The molecular formula is C19H28BrN3O3S. The van der Waals surface area contributed by atoms with Gasteiger partial charge < -0.3 is 15.0 Å². The molecule has 2 rings (SSSR count). The van der Waals surface area contributed by atoms with Crippen molar-refractivity contribution in [1.29, 1.82) is 0 Å². The zero-order valence-electron chi connectivity index (χ0n) is 16.2. The van der Waals surface area contributed by atoms with Crippen LogP contribution in [0.25, 0.3) is 0 Å². The highest BCUT2D eigenvalue weighted by Gasteiger charge is 2.25. The van der Waals surface area contributed by atoms with Gasteiger partial charge in [0.15, 0.2) is 0 Å². The second-order valence-corrected chi connectivity index (χ2v) is 9.37. The molecule has 1 aromatic rings. The minimum atomic E-state index is -0.466. The lowest BCUT2D eigenvalue weighted by molar-refractivity contribution is -0.118. The topological polar surface area (TPSA) is 61.9 Å². The van der Waals surface area contributed by atoms with Gasteiger partial charge in [-0.15, -0.1) is 11.8 Å². The standard InChI is InChI=1S/C19H28BrN3O3S/c1-19(2,3)26-18(25)23-12-10-22(11-13-23)9-8-21-17(24)14-27-16-6-4-15(20)5-7-16/h4-7H,8-14H2,1-3H3,(H,21,24). The maximum atomic E-state index is 12.1. The molecule has 0 atom stereocenters. The fourth-order valence-electron chi connectivity index (χ4n) is 2.56. The summed E-state index contributed by atoms with van der Waals surface area (Å²) in [6.07, 6.45) is -0.250. The van der Waals surface area contributed by atoms with Crippen LogP contribution >= 0.6 is 27.7 Å². The average Bonchev–Trinajstić information content (AvgIpc) is 2.60. The van der Waals surface area contributed by atoms with E-state index in [0.717, 1.165) is 29.0 Å². The third-order valence-corrected chi connectivity index (χ3v) is 5.50. The molecule has 1 saturated heterocycles. The zero-order valence-corrected chi connectivity index (χ0v) is 18.6. The van der Waals surface area contributed by atoms with Gasteiger partial charge in [0.25, 0.3) is 0 Å². The number of nitrogens with zero attached hydrogens (tertiary/aromatic N) is 2. The summed E-state index contributed by atoms with van der Waals surface area (Å²) in [7, 11) is 0. The number of halogens is 1. The van der Waals surface area contributed by atoms with Crippen LogP contribution in [0.15, 0.2) is 33.6 Å². The molecule has 6 nitrogen and oxygen atoms in total. The number of amides is 2. The highest BCUT2D eigenvalue weighted by molar-refractivity contribution is 9.10. The molecule has 1 N–H and O–H groups in total. The lowest BCUT2D eigenvalue weighted by Crippen LogP contribution is -2.51. The molecule has 8 heteroatoms. The second-order valence-electron chi connectivity index (χ2n) is 7.40. The molecule has 1 aliphatic heterocycles. The monoisotopic (exact) mass is 457 g/mol. The number of carbonyl (C=O) groups is 2. The molecule has 1 heterocycles. The summed E-state index contributed by atoms with van der Waals surface area (Å²) in [5, 5.41) is 2.96. The number of rotatable bonds is 6. The summed E-state index contributed by atoms with van der Waals surface area (Å²) in [4.78, 5) is 29.1. The van der Waals surface area contributed by atoms with E-state index in [1.54, 1.807) is 4.90 Å². The van der Waals surface area contributed by atoms with Crippen molar-refractivity contribution >= 4 is 39.7 Å². The smallest absolute Gasteiger partial charge is 0.410 e. The Kier molecular flexibility index (Phi) is 8.44. The van der Waals surface area contributed by atoms with Crippen molar-refractivity contribution in [2.24, 2.45) is 0 Å². The van der Waals surface area contributed by atoms with E-state index in [2.05, 4.69) is 26.1 Å². The normalized spacial score (nSPS) is 15.5. The first kappa shape index (κ1) is 22.0. The SMILES string of the molecule is CC(C)(C)OC(=O)N1CCN(CCNC(=O)CSc2ccc(Br)cc2)CC1. The third-order valence-electron chi connectivity index (χ3n) is 3.96. The van der Waals surface area contributed by atoms with Gasteiger partial charge >= 0.3 is 6.09 Å². The van der Waals surface area contributed by atoms with Crippen LogP contribution in [-0.4, -0.2) is 72.4 Å². The molecule has 150 valence electrons. The van der Waals surface area contributed by atoms with Crippen LogP contribution in [-0.2, 0) is 9.53 Å². The molecule has 1 aliphatic rings. The van der Waals surface area contributed by atoms with Crippen LogP contribution in [0.3, 0.4) is 0 Å². The summed E-state index contributed by atoms with van der Waals surface area (Å²) in [6.45, 7) is 9.93. The van der Waals surface area contributed by atoms with Crippen LogP contribution in [0, 0.1) is 0 Å². The summed E-state index contributed by atoms with van der Waals surface area (Å²) in [6, 6.07) is 7.92. The number of carbonyl (C=O) groups excluding carboxylic acids is 2. The lowest BCUT2D eigenvalue weighted by atomic mass is 10.2. The van der Waals surface area contributed by atoms with E-state index in [1.807, 2.05) is 45.0 Å². The number of piperazine rings is 1. The van der Waals surface area contributed by atoms with Gasteiger partial charge in [0.1, 0.15) is 5.60 Å². The van der Waals surface area contributed by atoms with Crippen LogP contribution in [0.1, 0.15) is 20.8 Å². The van der Waals surface area contributed by atoms with Gasteiger partial charge in [-0.25, -0.2) is 4.79 Å². The highest BCUT2D eigenvalue weighted by atomic mass is 79.9. The van der Waals surface area contributed by atoms with Crippen LogP contribution in [0.5, 0.6) is 0 Å². The van der Waals surface area contributed by atoms with E-state index >= 15 is 0 Å². The molecule has 0 aromatic heterocycles. The number of hydrogen-bond donors (Lipinski definition) is 1. The van der Waals surface area contributed by atoms with Gasteiger partial charge in [0, 0.05) is 48.6 Å². The van der Waals surface area contributed by atoms with E-state index in [4.69, 9.17) is 4.74 Å². The molecule has 1 aromatic carbocycles. The summed E-state index contributed by atoms with van der Waals surface area (Å²) in [5.41, 5.74) is -0.466. The van der Waals surface area contributed by atoms with Crippen molar-refractivity contribution in [2.45, 2.75) is 31.3 Å². The Balaban J connectivity index is 1.59. The quantitative estimate of drug-likeness (QED) is 0.664. The minimum absolute atomic E-state index is 0.0373. The summed E-state index contributed by atoms with van der Waals surface area (Å²) < 4.78 is 6.43. The van der Waals surface area contributed by atoms with Crippen molar-refractivity contribution in [1.82, 2.24) is 15.1 Å². The predicted molar refractivity (Wildman–Crippen MR) is 112 cm³/mol. The van der Waals surface area contributed by atoms with Crippen molar-refractivity contribution < 1.29 is 14.3 Å².